The highest BCUT2D eigenvalue weighted by Crippen LogP contribution is 2.23. The number of nitrogen functional groups attached to an aromatic ring is 1. The highest BCUT2D eigenvalue weighted by molar-refractivity contribution is 6.17. The molecule has 0 fully saturated rings. The predicted octanol–water partition coefficient (Wildman–Crippen LogP) is 1.06. The highest BCUT2D eigenvalue weighted by Gasteiger charge is 2.17. The quantitative estimate of drug-likeness (QED) is 0.559. The molecule has 0 saturated heterocycles. The van der Waals surface area contributed by atoms with Gasteiger partial charge in [-0.25, -0.2) is 14.6 Å². The maximum atomic E-state index is 6.02. The van der Waals surface area contributed by atoms with E-state index in [1.165, 1.54) is 4.52 Å². The van der Waals surface area contributed by atoms with Gasteiger partial charge >= 0.3 is 0 Å². The van der Waals surface area contributed by atoms with Gasteiger partial charge in [-0.05, 0) is 6.92 Å². The molecule has 0 unspecified atom stereocenters. The van der Waals surface area contributed by atoms with Crippen molar-refractivity contribution in [2.75, 3.05) is 11.6 Å². The summed E-state index contributed by atoms with van der Waals surface area (Å²) < 4.78 is 3.18. The van der Waals surface area contributed by atoms with Crippen LogP contribution < -0.4 is 5.73 Å². The third-order valence-electron chi connectivity index (χ3n) is 3.49. The number of fused-ring (bicyclic) bond motifs is 3. The average molecular weight is 330 g/mol. The lowest BCUT2D eigenvalue weighted by atomic mass is 10.3. The topological polar surface area (TPSA) is 113 Å². The number of hydrogen-bond donors (Lipinski definition) is 1. The molecule has 4 aromatic heterocycles. The fourth-order valence-corrected chi connectivity index (χ4v) is 2.59. The molecule has 0 aliphatic rings. The highest BCUT2D eigenvalue weighted by atomic mass is 35.5. The minimum atomic E-state index is 0.226. The fourth-order valence-electron chi connectivity index (χ4n) is 2.43. The van der Waals surface area contributed by atoms with Gasteiger partial charge in [0.15, 0.2) is 11.3 Å². The van der Waals surface area contributed by atoms with E-state index in [0.717, 1.165) is 11.1 Å². The number of hydrogen-bond acceptors (Lipinski definition) is 7. The lowest BCUT2D eigenvalue weighted by Gasteiger charge is -2.01. The maximum Gasteiger partial charge on any atom is 0.225 e. The smallest absolute Gasteiger partial charge is 0.225 e. The molecule has 10 heteroatoms. The minimum absolute atomic E-state index is 0.226. The van der Waals surface area contributed by atoms with Crippen molar-refractivity contribution in [1.29, 1.82) is 0 Å². The number of rotatable bonds is 3. The third-order valence-corrected chi connectivity index (χ3v) is 3.66. The Morgan fingerprint density at radius 3 is 2.78 bits per heavy atom. The van der Waals surface area contributed by atoms with Crippen LogP contribution in [0.3, 0.4) is 0 Å². The first-order valence-electron chi connectivity index (χ1n) is 6.90. The zero-order valence-electron chi connectivity index (χ0n) is 12.2. The Bertz CT molecular complexity index is 1020. The first-order valence-corrected chi connectivity index (χ1v) is 7.44. The second kappa shape index (κ2) is 5.13. The molecule has 0 aliphatic heterocycles. The standard InChI is InChI=1S/C13H12ClN9/c1-7-9(17-4-3-16-7)10-19-12-8-6-18-22(5-2-14)11(8)20-13(15)23(12)21-10/h3-4,6H,2,5H2,1H3,(H2,15,20). The number of aromatic nitrogens is 8. The number of nitrogens with zero attached hydrogens (tertiary/aromatic N) is 8. The molecular weight excluding hydrogens is 318 g/mol. The van der Waals surface area contributed by atoms with Gasteiger partial charge in [-0.15, -0.1) is 16.7 Å². The van der Waals surface area contributed by atoms with Gasteiger partial charge in [-0.2, -0.15) is 14.6 Å². The zero-order valence-corrected chi connectivity index (χ0v) is 12.9. The normalized spacial score (nSPS) is 11.6. The second-order valence-electron chi connectivity index (χ2n) is 4.93. The zero-order chi connectivity index (χ0) is 16.0. The van der Waals surface area contributed by atoms with E-state index in [9.17, 15) is 0 Å². The summed E-state index contributed by atoms with van der Waals surface area (Å²) in [6, 6.07) is 0. The van der Waals surface area contributed by atoms with E-state index in [1.807, 2.05) is 6.92 Å². The monoisotopic (exact) mass is 329 g/mol. The van der Waals surface area contributed by atoms with Crippen molar-refractivity contribution in [1.82, 2.24) is 39.3 Å². The molecule has 9 nitrogen and oxygen atoms in total. The second-order valence-corrected chi connectivity index (χ2v) is 5.30. The van der Waals surface area contributed by atoms with Gasteiger partial charge in [0.2, 0.25) is 11.8 Å². The molecule has 0 aromatic carbocycles. The molecule has 0 atom stereocenters. The molecule has 2 N–H and O–H groups in total. The van der Waals surface area contributed by atoms with Crippen LogP contribution in [0.25, 0.3) is 28.2 Å². The molecule has 4 heterocycles. The van der Waals surface area contributed by atoms with Crippen LogP contribution in [0.2, 0.25) is 0 Å². The van der Waals surface area contributed by atoms with Crippen LogP contribution in [-0.2, 0) is 6.54 Å². The fraction of sp³-hybridized carbons (Fsp3) is 0.231. The number of alkyl halides is 1. The third kappa shape index (κ3) is 2.08. The first kappa shape index (κ1) is 13.8. The molecule has 4 aromatic rings. The van der Waals surface area contributed by atoms with Crippen molar-refractivity contribution in [3.8, 4) is 11.5 Å². The van der Waals surface area contributed by atoms with Crippen LogP contribution in [0, 0.1) is 6.92 Å². The average Bonchev–Trinajstić information content (AvgIpc) is 3.13. The molecule has 0 saturated carbocycles. The Labute approximate surface area is 135 Å². The minimum Gasteiger partial charge on any atom is -0.368 e. The summed E-state index contributed by atoms with van der Waals surface area (Å²) in [4.78, 5) is 17.4. The van der Waals surface area contributed by atoms with Crippen molar-refractivity contribution in [3.05, 3.63) is 24.3 Å². The summed E-state index contributed by atoms with van der Waals surface area (Å²) in [6.45, 7) is 2.39. The van der Waals surface area contributed by atoms with Crippen molar-refractivity contribution in [3.63, 3.8) is 0 Å². The van der Waals surface area contributed by atoms with Gasteiger partial charge in [0.05, 0.1) is 23.8 Å². The molecule has 23 heavy (non-hydrogen) atoms. The van der Waals surface area contributed by atoms with Crippen LogP contribution in [0.4, 0.5) is 5.95 Å². The van der Waals surface area contributed by atoms with Crippen LogP contribution in [-0.4, -0.2) is 45.2 Å². The summed E-state index contributed by atoms with van der Waals surface area (Å²) in [5.74, 6) is 1.10. The molecule has 0 aliphatic carbocycles. The van der Waals surface area contributed by atoms with Gasteiger partial charge in [-0.1, -0.05) is 0 Å². The molecule has 0 spiro atoms. The van der Waals surface area contributed by atoms with Crippen molar-refractivity contribution in [2.45, 2.75) is 13.5 Å². The Morgan fingerprint density at radius 2 is 2.00 bits per heavy atom. The Hall–Kier alpha value is -2.81. The van der Waals surface area contributed by atoms with E-state index in [4.69, 9.17) is 17.3 Å². The van der Waals surface area contributed by atoms with Crippen LogP contribution in [0.5, 0.6) is 0 Å². The largest absolute Gasteiger partial charge is 0.368 e. The maximum absolute atomic E-state index is 6.02. The van der Waals surface area contributed by atoms with E-state index in [1.54, 1.807) is 23.3 Å². The number of halogens is 1. The van der Waals surface area contributed by atoms with Crippen molar-refractivity contribution < 1.29 is 0 Å². The lowest BCUT2D eigenvalue weighted by Crippen LogP contribution is -2.06. The molecule has 0 amide bonds. The summed E-state index contributed by atoms with van der Waals surface area (Å²) >= 11 is 5.78. The number of anilines is 1. The van der Waals surface area contributed by atoms with Gasteiger partial charge in [-0.3, -0.25) is 4.98 Å². The Morgan fingerprint density at radius 1 is 1.17 bits per heavy atom. The molecule has 0 bridgehead atoms. The number of nitrogens with two attached hydrogens (primary N) is 1. The summed E-state index contributed by atoms with van der Waals surface area (Å²) in [5.41, 5.74) is 8.57. The van der Waals surface area contributed by atoms with E-state index < -0.39 is 0 Å². The van der Waals surface area contributed by atoms with Crippen LogP contribution in [0.1, 0.15) is 5.69 Å². The van der Waals surface area contributed by atoms with Gasteiger partial charge in [0.1, 0.15) is 5.69 Å². The van der Waals surface area contributed by atoms with Crippen molar-refractivity contribution in [2.24, 2.45) is 0 Å². The van der Waals surface area contributed by atoms with E-state index >= 15 is 0 Å². The van der Waals surface area contributed by atoms with Gasteiger partial charge in [0, 0.05) is 18.3 Å². The van der Waals surface area contributed by atoms with Gasteiger partial charge in [0.25, 0.3) is 0 Å². The van der Waals surface area contributed by atoms with E-state index in [2.05, 4.69) is 30.1 Å². The SMILES string of the molecule is Cc1nccnc1-c1nc2c3cnn(CCCl)c3nc(N)n2n1. The Kier molecular flexibility index (Phi) is 3.08. The summed E-state index contributed by atoms with van der Waals surface area (Å²) in [6.07, 6.45) is 4.91. The van der Waals surface area contributed by atoms with E-state index in [-0.39, 0.29) is 5.95 Å². The van der Waals surface area contributed by atoms with Crippen molar-refractivity contribution >= 4 is 34.2 Å². The summed E-state index contributed by atoms with van der Waals surface area (Å²) in [5, 5.41) is 9.44. The molecule has 4 rings (SSSR count). The molecule has 116 valence electrons. The number of aryl methyl sites for hydroxylation is 2. The van der Waals surface area contributed by atoms with Gasteiger partial charge < -0.3 is 5.73 Å². The van der Waals surface area contributed by atoms with Crippen LogP contribution >= 0.6 is 11.6 Å². The predicted molar refractivity (Wildman–Crippen MR) is 85.0 cm³/mol. The summed E-state index contributed by atoms with van der Waals surface area (Å²) in [7, 11) is 0. The molecular formula is C13H12ClN9. The lowest BCUT2D eigenvalue weighted by molar-refractivity contribution is 0.680. The van der Waals surface area contributed by atoms with E-state index in [0.29, 0.717) is 35.2 Å². The molecule has 0 radical (unpaired) electrons. The Balaban J connectivity index is 2.00. The first-order chi connectivity index (χ1) is 11.2. The van der Waals surface area contributed by atoms with Crippen LogP contribution in [0.15, 0.2) is 18.6 Å².